The minimum absolute atomic E-state index is 0.0256. The molecule has 4 N–H and O–H groups in total. The van der Waals surface area contributed by atoms with Crippen LogP contribution in [0.4, 0.5) is 4.79 Å². The van der Waals surface area contributed by atoms with Gasteiger partial charge in [0.2, 0.25) is 23.6 Å². The second-order valence-electron chi connectivity index (χ2n) is 21.1. The van der Waals surface area contributed by atoms with Gasteiger partial charge < -0.3 is 73.5 Å². The third-order valence-electron chi connectivity index (χ3n) is 12.9. The maximum Gasteiger partial charge on any atom is 0.408 e. The molecular weight excluding hydrogens is 1310 g/mol. The van der Waals surface area contributed by atoms with Gasteiger partial charge in [0.25, 0.3) is 0 Å². The van der Waals surface area contributed by atoms with Crippen LogP contribution in [-0.4, -0.2) is 175 Å². The predicted molar refractivity (Wildman–Crippen MR) is 361 cm³/mol. The third-order valence-corrected chi connectivity index (χ3v) is 12.9. The molecule has 0 aromatic rings. The van der Waals surface area contributed by atoms with Gasteiger partial charge in [0.15, 0.2) is 20.3 Å². The molecule has 0 saturated carbocycles. The van der Waals surface area contributed by atoms with E-state index in [-0.39, 0.29) is 182 Å². The Morgan fingerprint density at radius 2 is 0.830 bits per heavy atom. The van der Waals surface area contributed by atoms with Crippen LogP contribution in [0.1, 0.15) is 161 Å². The molecule has 0 fully saturated rings. The number of rotatable bonds is 43. The average Bonchev–Trinajstić information content (AvgIpc) is 1.05. The molecule has 6 atom stereocenters. The van der Waals surface area contributed by atoms with Gasteiger partial charge in [-0.25, -0.2) is 19.2 Å². The number of nitriles is 5. The second kappa shape index (κ2) is 70.4. The standard InChI is InChI=1S/C13H22N2O5.2C13H21NO6.C11H17N3O.C10H14N2O2.C8H13NO2/c1-5-10(4)11(16)15-8-20-13(18)14-6-7-19-12(17)9(2)3;2*1-4-10(3)13(17)20-9-18-8-11(15)14-6-7-19-12(16)5-2;1-3-10(2)11(15)14(8-4-6-12)9-5-7-13;1-3-8(2)10(13)14-9(4-6-11)5-7-12;1-3-7(2)8(10)11-6-4-5-9/h10H,2,5-8H2,1,3-4H3,(H,14,18)(H,15,16);2*5,10H,2,4,6-9H2,1,3H3,(H,14,15);10H,3-5,8-9H2,1-2H3;8-9H,3-5H2,1-2H3;7H,3-4,6H2,1-2H3. The Kier molecular flexibility index (Phi) is 71.1. The van der Waals surface area contributed by atoms with Crippen molar-refractivity contribution >= 4 is 71.5 Å². The Bertz CT molecular complexity index is 2560. The first kappa shape index (κ1) is 101. The first-order chi connectivity index (χ1) is 47.4. The third kappa shape index (κ3) is 64.0. The van der Waals surface area contributed by atoms with Crippen molar-refractivity contribution in [2.75, 3.05) is 92.7 Å². The number of hydrogen-bond donors (Lipinski definition) is 4. The van der Waals surface area contributed by atoms with Crippen LogP contribution in [0.2, 0.25) is 0 Å². The van der Waals surface area contributed by atoms with Crippen LogP contribution in [0.3, 0.4) is 0 Å². The number of hydrogen-bond acceptors (Lipinski definition) is 27. The monoisotopic (exact) mass is 1420 g/mol. The summed E-state index contributed by atoms with van der Waals surface area (Å²) in [7, 11) is 0. The Morgan fingerprint density at radius 3 is 1.20 bits per heavy atom. The van der Waals surface area contributed by atoms with Crippen LogP contribution in [0.5, 0.6) is 0 Å². The zero-order valence-corrected chi connectivity index (χ0v) is 60.7. The molecule has 0 aromatic heterocycles. The number of esters is 7. The maximum absolute atomic E-state index is 11.8. The molecule has 0 heterocycles. The molecule has 0 bridgehead atoms. The molecule has 0 aliphatic rings. The van der Waals surface area contributed by atoms with Gasteiger partial charge in [-0.3, -0.25) is 38.4 Å². The largest absolute Gasteiger partial charge is 0.464 e. The highest BCUT2D eigenvalue weighted by molar-refractivity contribution is 5.87. The van der Waals surface area contributed by atoms with Crippen molar-refractivity contribution in [2.24, 2.45) is 35.5 Å². The highest BCUT2D eigenvalue weighted by Gasteiger charge is 2.20. The summed E-state index contributed by atoms with van der Waals surface area (Å²) in [6, 6.07) is 9.70. The maximum atomic E-state index is 11.8. The van der Waals surface area contributed by atoms with E-state index in [0.717, 1.165) is 25.0 Å². The van der Waals surface area contributed by atoms with Crippen LogP contribution in [0.25, 0.3) is 0 Å². The van der Waals surface area contributed by atoms with Crippen molar-refractivity contribution in [1.29, 1.82) is 26.3 Å². The van der Waals surface area contributed by atoms with Crippen LogP contribution < -0.4 is 21.3 Å². The summed E-state index contributed by atoms with van der Waals surface area (Å²) in [6.45, 7) is 34.1. The lowest BCUT2D eigenvalue weighted by Gasteiger charge is -2.23. The summed E-state index contributed by atoms with van der Waals surface area (Å²) in [5.74, 6) is -4.51. The van der Waals surface area contributed by atoms with E-state index < -0.39 is 30.1 Å². The van der Waals surface area contributed by atoms with Crippen molar-refractivity contribution in [1.82, 2.24) is 26.2 Å². The zero-order valence-electron chi connectivity index (χ0n) is 60.7. The van der Waals surface area contributed by atoms with Gasteiger partial charge in [-0.1, -0.05) is 103 Å². The molecular formula is C68H108N10O22. The summed E-state index contributed by atoms with van der Waals surface area (Å²) in [4.78, 5) is 136. The summed E-state index contributed by atoms with van der Waals surface area (Å²) in [5, 5.41) is 51.7. The second-order valence-corrected chi connectivity index (χ2v) is 21.1. The number of alkyl carbamates (subject to hydrolysis) is 1. The lowest BCUT2D eigenvalue weighted by atomic mass is 10.1. The molecule has 0 aliphatic heterocycles. The highest BCUT2D eigenvalue weighted by atomic mass is 16.7. The molecule has 100 heavy (non-hydrogen) atoms. The lowest BCUT2D eigenvalue weighted by Crippen LogP contribution is -2.36. The Labute approximate surface area is 589 Å². The minimum atomic E-state index is -0.694. The van der Waals surface area contributed by atoms with Crippen LogP contribution in [-0.2, 0) is 100 Å². The van der Waals surface area contributed by atoms with E-state index in [1.165, 1.54) is 6.92 Å². The molecule has 0 spiro atoms. The van der Waals surface area contributed by atoms with Crippen molar-refractivity contribution in [2.45, 2.75) is 167 Å². The molecule has 0 aromatic carbocycles. The number of carbonyl (C=O) groups excluding carboxylic acids is 12. The van der Waals surface area contributed by atoms with E-state index in [2.05, 4.69) is 50.5 Å². The van der Waals surface area contributed by atoms with E-state index in [1.54, 1.807) is 32.6 Å². The lowest BCUT2D eigenvalue weighted by molar-refractivity contribution is -0.163. The molecule has 0 aliphatic carbocycles. The Balaban J connectivity index is -0.000000268. The summed E-state index contributed by atoms with van der Waals surface area (Å²) in [6.07, 6.45) is 6.25. The highest BCUT2D eigenvalue weighted by Crippen LogP contribution is 2.11. The summed E-state index contributed by atoms with van der Waals surface area (Å²) >= 11 is 0. The van der Waals surface area contributed by atoms with Crippen LogP contribution in [0.15, 0.2) is 37.5 Å². The smallest absolute Gasteiger partial charge is 0.408 e. The fourth-order valence-corrected chi connectivity index (χ4v) is 5.49. The van der Waals surface area contributed by atoms with Gasteiger partial charge in [-0.15, -0.1) is 0 Å². The summed E-state index contributed by atoms with van der Waals surface area (Å²) < 4.78 is 47.9. The van der Waals surface area contributed by atoms with E-state index in [9.17, 15) is 57.5 Å². The number of ether oxygens (including phenoxy) is 10. The van der Waals surface area contributed by atoms with Gasteiger partial charge in [0, 0.05) is 42.7 Å². The fourth-order valence-electron chi connectivity index (χ4n) is 5.49. The van der Waals surface area contributed by atoms with Crippen LogP contribution >= 0.6 is 0 Å². The number of amides is 5. The molecule has 0 rings (SSSR count). The van der Waals surface area contributed by atoms with E-state index in [1.807, 2.05) is 85.7 Å². The van der Waals surface area contributed by atoms with Gasteiger partial charge in [0.1, 0.15) is 45.7 Å². The molecule has 32 nitrogen and oxygen atoms in total. The average molecular weight is 1420 g/mol. The molecule has 0 radical (unpaired) electrons. The normalized spacial score (nSPS) is 11.3. The topological polar surface area (TPSA) is 467 Å². The zero-order chi connectivity index (χ0) is 77.7. The summed E-state index contributed by atoms with van der Waals surface area (Å²) in [5.41, 5.74) is 0.292. The minimum Gasteiger partial charge on any atom is -0.464 e. The predicted octanol–water partition coefficient (Wildman–Crippen LogP) is 6.69. The molecule has 0 saturated heterocycles. The Hall–Kier alpha value is -9.97. The van der Waals surface area contributed by atoms with Gasteiger partial charge in [-0.2, -0.15) is 26.3 Å². The van der Waals surface area contributed by atoms with Crippen molar-refractivity contribution in [3.05, 3.63) is 37.5 Å². The van der Waals surface area contributed by atoms with Crippen molar-refractivity contribution in [3.63, 3.8) is 0 Å². The molecule has 6 unspecified atom stereocenters. The first-order valence-electron chi connectivity index (χ1n) is 32.6. The molecule has 32 heteroatoms. The quantitative estimate of drug-likeness (QED) is 0.0162. The fraction of sp³-hybridized carbons (Fsp3) is 0.662. The number of nitrogens with zero attached hydrogens (tertiary/aromatic N) is 6. The molecule has 5 amide bonds. The van der Waals surface area contributed by atoms with Crippen LogP contribution in [0, 0.1) is 92.2 Å². The number of nitrogens with one attached hydrogen (secondary N) is 4. The van der Waals surface area contributed by atoms with E-state index in [4.69, 9.17) is 64.2 Å². The number of carbonyl (C=O) groups is 12. The first-order valence-corrected chi connectivity index (χ1v) is 32.6. The SMILES string of the molecule is C=C(C)C(=O)OCCNC(=O)OCNC(=O)C(C)CC.C=CC(=O)OCCNC(=O)COCOC(=O)C(C)CC.C=CC(=O)OCCNC(=O)COCOC(=O)C(C)CC.CCC(C)C(=O)N(CCC#N)CCC#N.CCC(C)C(=O)OC(CC#N)CC#N.CCC(C)C(=O)OCCC#N. The van der Waals surface area contributed by atoms with Gasteiger partial charge in [-0.05, 0) is 45.4 Å². The van der Waals surface area contributed by atoms with E-state index in [0.29, 0.717) is 57.2 Å². The van der Waals surface area contributed by atoms with Crippen molar-refractivity contribution in [3.8, 4) is 30.3 Å². The van der Waals surface area contributed by atoms with Gasteiger partial charge in [0.05, 0.1) is 106 Å². The van der Waals surface area contributed by atoms with Crippen molar-refractivity contribution < 1.29 is 105 Å². The molecule has 562 valence electrons. The Morgan fingerprint density at radius 1 is 0.450 bits per heavy atom. The van der Waals surface area contributed by atoms with E-state index >= 15 is 0 Å². The van der Waals surface area contributed by atoms with Gasteiger partial charge >= 0.3 is 47.9 Å².